The van der Waals surface area contributed by atoms with E-state index in [1.165, 1.54) is 16.4 Å². The van der Waals surface area contributed by atoms with Gasteiger partial charge < -0.3 is 0 Å². The van der Waals surface area contributed by atoms with E-state index in [0.29, 0.717) is 10.7 Å². The van der Waals surface area contributed by atoms with Crippen LogP contribution in [-0.2, 0) is 10.0 Å². The van der Waals surface area contributed by atoms with Crippen LogP contribution in [0.25, 0.3) is 0 Å². The van der Waals surface area contributed by atoms with Crippen LogP contribution in [0.1, 0.15) is 0 Å². The Hall–Kier alpha value is -1.30. The number of halogens is 2. The number of hydrogen-bond acceptors (Lipinski definition) is 2. The van der Waals surface area contributed by atoms with E-state index in [4.69, 9.17) is 11.6 Å². The Kier molecular flexibility index (Phi) is 5.08. The second-order valence-corrected chi connectivity index (χ2v) is 7.47. The molecule has 2 rings (SSSR count). The van der Waals surface area contributed by atoms with E-state index in [-0.39, 0.29) is 11.4 Å². The van der Waals surface area contributed by atoms with E-state index < -0.39 is 10.0 Å². The monoisotopic (exact) mass is 385 g/mol. The number of nitrogens with zero attached hydrogens (tertiary/aromatic N) is 1. The molecule has 0 aliphatic carbocycles. The maximum atomic E-state index is 12.8. The molecule has 0 N–H and O–H groups in total. The molecule has 0 aliphatic heterocycles. The summed E-state index contributed by atoms with van der Waals surface area (Å²) in [5.41, 5.74) is 0.569. The average Bonchev–Trinajstić information content (AvgIpc) is 2.45. The lowest BCUT2D eigenvalue weighted by molar-refractivity contribution is 0.593. The number of anilines is 1. The Balaban J connectivity index is 2.50. The van der Waals surface area contributed by atoms with Crippen LogP contribution in [0, 0.1) is 0 Å². The molecule has 0 aromatic heterocycles. The Morgan fingerprint density at radius 3 is 2.43 bits per heavy atom. The van der Waals surface area contributed by atoms with Crippen molar-refractivity contribution in [2.45, 2.75) is 4.90 Å². The normalized spacial score (nSPS) is 11.1. The minimum absolute atomic E-state index is 0.182. The molecule has 0 bridgehead atoms. The summed E-state index contributed by atoms with van der Waals surface area (Å²) in [5, 5.41) is 0.492. The average molecular weight is 387 g/mol. The summed E-state index contributed by atoms with van der Waals surface area (Å²) < 4.78 is 27.6. The molecule has 0 unspecified atom stereocenters. The van der Waals surface area contributed by atoms with Crippen molar-refractivity contribution in [1.29, 1.82) is 0 Å². The quantitative estimate of drug-likeness (QED) is 0.710. The first-order valence-electron chi connectivity index (χ1n) is 6.10. The number of sulfonamides is 1. The van der Waals surface area contributed by atoms with Crippen LogP contribution in [0.15, 0.2) is 70.6 Å². The van der Waals surface area contributed by atoms with Gasteiger partial charge in [-0.25, -0.2) is 8.42 Å². The molecule has 0 atom stereocenters. The first-order valence-corrected chi connectivity index (χ1v) is 8.71. The number of benzene rings is 2. The minimum Gasteiger partial charge on any atom is -0.262 e. The third kappa shape index (κ3) is 3.67. The summed E-state index contributed by atoms with van der Waals surface area (Å²) >= 11 is 9.16. The first kappa shape index (κ1) is 16.1. The molecule has 0 saturated heterocycles. The standard InChI is InChI=1S/C15H13BrClNO2S/c1-2-10-18(14-5-3-4-12(16)11-14)21(19,20)15-8-6-13(17)7-9-15/h2-9,11H,1,10H2. The van der Waals surface area contributed by atoms with E-state index in [0.717, 1.165) is 4.47 Å². The molecular weight excluding hydrogens is 374 g/mol. The van der Waals surface area contributed by atoms with Crippen LogP contribution in [-0.4, -0.2) is 15.0 Å². The molecule has 21 heavy (non-hydrogen) atoms. The van der Waals surface area contributed by atoms with Crippen molar-refractivity contribution in [1.82, 2.24) is 0 Å². The summed E-state index contributed by atoms with van der Waals surface area (Å²) in [6.07, 6.45) is 1.55. The van der Waals surface area contributed by atoms with Crippen molar-refractivity contribution in [2.75, 3.05) is 10.8 Å². The molecule has 0 radical (unpaired) electrons. The molecule has 0 spiro atoms. The molecule has 0 heterocycles. The highest BCUT2D eigenvalue weighted by molar-refractivity contribution is 9.10. The summed E-state index contributed by atoms with van der Waals surface area (Å²) in [6, 6.07) is 13.2. The fourth-order valence-electron chi connectivity index (χ4n) is 1.82. The zero-order valence-electron chi connectivity index (χ0n) is 11.0. The molecule has 2 aromatic rings. The molecule has 0 aliphatic rings. The third-order valence-corrected chi connectivity index (χ3v) is 5.35. The van der Waals surface area contributed by atoms with E-state index in [1.54, 1.807) is 36.4 Å². The van der Waals surface area contributed by atoms with Crippen LogP contribution in [0.4, 0.5) is 5.69 Å². The lowest BCUT2D eigenvalue weighted by Gasteiger charge is -2.23. The molecule has 0 fully saturated rings. The van der Waals surface area contributed by atoms with Gasteiger partial charge in [0.05, 0.1) is 17.1 Å². The van der Waals surface area contributed by atoms with Crippen molar-refractivity contribution in [3.63, 3.8) is 0 Å². The van der Waals surface area contributed by atoms with Crippen LogP contribution < -0.4 is 4.31 Å². The predicted octanol–water partition coefficient (Wildman–Crippen LogP) is 4.48. The Morgan fingerprint density at radius 1 is 1.19 bits per heavy atom. The van der Waals surface area contributed by atoms with Gasteiger partial charge in [-0.05, 0) is 42.5 Å². The van der Waals surface area contributed by atoms with E-state index >= 15 is 0 Å². The second kappa shape index (κ2) is 6.64. The largest absolute Gasteiger partial charge is 0.264 e. The predicted molar refractivity (Wildman–Crippen MR) is 90.3 cm³/mol. The molecule has 3 nitrogen and oxygen atoms in total. The highest BCUT2D eigenvalue weighted by Crippen LogP contribution is 2.26. The van der Waals surface area contributed by atoms with Crippen LogP contribution in [0.3, 0.4) is 0 Å². The molecule has 6 heteroatoms. The van der Waals surface area contributed by atoms with E-state index in [2.05, 4.69) is 22.5 Å². The van der Waals surface area contributed by atoms with Gasteiger partial charge >= 0.3 is 0 Å². The third-order valence-electron chi connectivity index (χ3n) is 2.79. The first-order chi connectivity index (χ1) is 9.95. The van der Waals surface area contributed by atoms with Gasteiger partial charge in [0.2, 0.25) is 0 Å². The van der Waals surface area contributed by atoms with Crippen LogP contribution in [0.5, 0.6) is 0 Å². The van der Waals surface area contributed by atoms with E-state index in [9.17, 15) is 8.42 Å². The number of rotatable bonds is 5. The van der Waals surface area contributed by atoms with Gasteiger partial charge in [-0.2, -0.15) is 0 Å². The number of hydrogen-bond donors (Lipinski definition) is 0. The minimum atomic E-state index is -3.67. The summed E-state index contributed by atoms with van der Waals surface area (Å²) in [4.78, 5) is 0.189. The maximum absolute atomic E-state index is 12.8. The smallest absolute Gasteiger partial charge is 0.262 e. The lowest BCUT2D eigenvalue weighted by Crippen LogP contribution is -2.31. The van der Waals surface area contributed by atoms with Gasteiger partial charge in [-0.15, -0.1) is 6.58 Å². The molecule has 0 amide bonds. The fraction of sp³-hybridized carbons (Fsp3) is 0.0667. The topological polar surface area (TPSA) is 37.4 Å². The Bertz CT molecular complexity index is 745. The van der Waals surface area contributed by atoms with Crippen molar-refractivity contribution >= 4 is 43.2 Å². The van der Waals surface area contributed by atoms with Crippen molar-refractivity contribution in [2.24, 2.45) is 0 Å². The van der Waals surface area contributed by atoms with Gasteiger partial charge in [0.25, 0.3) is 10.0 Å². The zero-order valence-corrected chi connectivity index (χ0v) is 14.2. The fourth-order valence-corrected chi connectivity index (χ4v) is 3.77. The van der Waals surface area contributed by atoms with Crippen molar-refractivity contribution < 1.29 is 8.42 Å². The highest BCUT2D eigenvalue weighted by atomic mass is 79.9. The molecular formula is C15H13BrClNO2S. The van der Waals surface area contributed by atoms with Gasteiger partial charge in [-0.3, -0.25) is 4.31 Å². The van der Waals surface area contributed by atoms with Gasteiger partial charge in [-0.1, -0.05) is 39.7 Å². The van der Waals surface area contributed by atoms with Gasteiger partial charge in [0.15, 0.2) is 0 Å². The highest BCUT2D eigenvalue weighted by Gasteiger charge is 2.23. The summed E-state index contributed by atoms with van der Waals surface area (Å²) in [7, 11) is -3.67. The summed E-state index contributed by atoms with van der Waals surface area (Å²) in [5.74, 6) is 0. The van der Waals surface area contributed by atoms with Crippen molar-refractivity contribution in [3.05, 3.63) is 70.7 Å². The Morgan fingerprint density at radius 2 is 1.86 bits per heavy atom. The van der Waals surface area contributed by atoms with Crippen LogP contribution in [0.2, 0.25) is 5.02 Å². The second-order valence-electron chi connectivity index (χ2n) is 4.26. The SMILES string of the molecule is C=CCN(c1cccc(Br)c1)S(=O)(=O)c1ccc(Cl)cc1. The lowest BCUT2D eigenvalue weighted by atomic mass is 10.3. The van der Waals surface area contributed by atoms with Crippen LogP contribution >= 0.6 is 27.5 Å². The Labute approximate surface area is 138 Å². The van der Waals surface area contributed by atoms with Crippen molar-refractivity contribution in [3.8, 4) is 0 Å². The zero-order chi connectivity index (χ0) is 15.5. The maximum Gasteiger partial charge on any atom is 0.264 e. The molecule has 110 valence electrons. The van der Waals surface area contributed by atoms with Gasteiger partial charge in [0.1, 0.15) is 0 Å². The summed E-state index contributed by atoms with van der Waals surface area (Å²) in [6.45, 7) is 3.81. The molecule has 2 aromatic carbocycles. The van der Waals surface area contributed by atoms with E-state index in [1.807, 2.05) is 6.07 Å². The van der Waals surface area contributed by atoms with Gasteiger partial charge in [0, 0.05) is 9.50 Å². The molecule has 0 saturated carbocycles.